The van der Waals surface area contributed by atoms with Gasteiger partial charge in [-0.05, 0) is 32.6 Å². The Bertz CT molecular complexity index is 463. The zero-order valence-electron chi connectivity index (χ0n) is 11.8. The van der Waals surface area contributed by atoms with Crippen LogP contribution in [0.4, 0.5) is 0 Å². The maximum atomic E-state index is 11.9. The Morgan fingerprint density at radius 3 is 2.68 bits per heavy atom. The van der Waals surface area contributed by atoms with Gasteiger partial charge in [-0.15, -0.1) is 0 Å². The minimum Gasteiger partial charge on any atom is -0.459 e. The molecule has 0 unspecified atom stereocenters. The lowest BCUT2D eigenvalue weighted by molar-refractivity contribution is -0.152. The lowest BCUT2D eigenvalue weighted by Crippen LogP contribution is -2.60. The average Bonchev–Trinajstić information content (AvgIpc) is 2.92. The van der Waals surface area contributed by atoms with Crippen LogP contribution in [-0.2, 0) is 14.3 Å². The molecule has 2 heterocycles. The highest BCUT2D eigenvalue weighted by atomic mass is 16.7. The van der Waals surface area contributed by atoms with E-state index in [9.17, 15) is 9.90 Å². The highest BCUT2D eigenvalue weighted by molar-refractivity contribution is 5.75. The fraction of sp³-hybridized carbons (Fsp3) is 0.933. The number of rotatable bonds is 0. The van der Waals surface area contributed by atoms with Crippen LogP contribution in [0.3, 0.4) is 0 Å². The predicted octanol–water partition coefficient (Wildman–Crippen LogP) is 1.65. The van der Waals surface area contributed by atoms with Crippen molar-refractivity contribution >= 4 is 5.97 Å². The van der Waals surface area contributed by atoms with Gasteiger partial charge in [-0.25, -0.2) is 0 Å². The van der Waals surface area contributed by atoms with Gasteiger partial charge >= 0.3 is 5.97 Å². The summed E-state index contributed by atoms with van der Waals surface area (Å²) < 4.78 is 11.9. The molecule has 1 spiro atoms. The Morgan fingerprint density at radius 1 is 1.26 bits per heavy atom. The van der Waals surface area contributed by atoms with Crippen molar-refractivity contribution < 1.29 is 19.4 Å². The number of ether oxygens (including phenoxy) is 2. The summed E-state index contributed by atoms with van der Waals surface area (Å²) in [5.41, 5.74) is -0.929. The number of aliphatic hydroxyl groups excluding tert-OH is 1. The summed E-state index contributed by atoms with van der Waals surface area (Å²) >= 11 is 0. The van der Waals surface area contributed by atoms with Crippen LogP contribution in [0.1, 0.15) is 46.5 Å². The summed E-state index contributed by atoms with van der Waals surface area (Å²) in [6.45, 7) is 6.21. The molecule has 4 aliphatic rings. The molecule has 1 N–H and O–H groups in total. The highest BCUT2D eigenvalue weighted by Crippen LogP contribution is 2.73. The topological polar surface area (TPSA) is 59.1 Å². The molecule has 4 nitrogen and oxygen atoms in total. The maximum absolute atomic E-state index is 11.9. The van der Waals surface area contributed by atoms with Crippen molar-refractivity contribution in [3.05, 3.63) is 0 Å². The predicted molar refractivity (Wildman–Crippen MR) is 67.3 cm³/mol. The number of aliphatic hydroxyl groups is 1. The molecule has 4 heteroatoms. The van der Waals surface area contributed by atoms with E-state index < -0.39 is 17.3 Å². The summed E-state index contributed by atoms with van der Waals surface area (Å²) in [6, 6.07) is 0. The minimum absolute atomic E-state index is 0.0311. The third kappa shape index (κ3) is 1.09. The second kappa shape index (κ2) is 3.17. The molecule has 7 atom stereocenters. The molecule has 0 aromatic heterocycles. The van der Waals surface area contributed by atoms with Gasteiger partial charge in [0.25, 0.3) is 0 Å². The second-order valence-electron chi connectivity index (χ2n) is 7.41. The molecule has 2 aliphatic heterocycles. The van der Waals surface area contributed by atoms with Crippen molar-refractivity contribution in [1.82, 2.24) is 0 Å². The SMILES string of the molecule is C[C@@H]1C(=O)O[C@H]2[C@H]1CC[C@@]1(C)CC[C@@H](O)[C@]3(C)O[C@]213. The number of carbonyl (C=O) groups is 1. The number of esters is 1. The molecule has 0 aromatic carbocycles. The molecule has 4 fully saturated rings. The van der Waals surface area contributed by atoms with E-state index in [0.717, 1.165) is 25.7 Å². The monoisotopic (exact) mass is 266 g/mol. The summed E-state index contributed by atoms with van der Waals surface area (Å²) in [5, 5.41) is 10.3. The molecule has 2 aliphatic carbocycles. The first-order valence-corrected chi connectivity index (χ1v) is 7.44. The van der Waals surface area contributed by atoms with Crippen molar-refractivity contribution in [2.24, 2.45) is 17.3 Å². The number of hydrogen-bond acceptors (Lipinski definition) is 4. The lowest BCUT2D eigenvalue weighted by atomic mass is 9.52. The Balaban J connectivity index is 1.80. The van der Waals surface area contributed by atoms with E-state index in [2.05, 4.69) is 6.92 Å². The molecule has 2 saturated heterocycles. The summed E-state index contributed by atoms with van der Waals surface area (Å²) in [7, 11) is 0. The van der Waals surface area contributed by atoms with E-state index in [1.54, 1.807) is 0 Å². The van der Waals surface area contributed by atoms with Crippen LogP contribution in [0.5, 0.6) is 0 Å². The van der Waals surface area contributed by atoms with Crippen LogP contribution in [0.25, 0.3) is 0 Å². The van der Waals surface area contributed by atoms with Crippen LogP contribution < -0.4 is 0 Å². The summed E-state index contributed by atoms with van der Waals surface area (Å²) in [6.07, 6.45) is 3.25. The zero-order valence-corrected chi connectivity index (χ0v) is 11.8. The standard InChI is InChI=1S/C15H22O4/c1-8-9-4-6-13(2)7-5-10(16)14(3)15(13,19-14)11(9)18-12(8)17/h8-11,16H,4-7H2,1-3H3/t8-,9-,10+,11-,13-,14-,15+/m0/s1. The highest BCUT2D eigenvalue weighted by Gasteiger charge is 2.85. The minimum atomic E-state index is -0.520. The van der Waals surface area contributed by atoms with Crippen LogP contribution in [-0.4, -0.2) is 34.5 Å². The number of hydrogen-bond donors (Lipinski definition) is 1. The van der Waals surface area contributed by atoms with Crippen LogP contribution in [0, 0.1) is 17.3 Å². The lowest BCUT2D eigenvalue weighted by Gasteiger charge is -2.50. The van der Waals surface area contributed by atoms with Crippen molar-refractivity contribution in [3.63, 3.8) is 0 Å². The first-order chi connectivity index (χ1) is 8.86. The second-order valence-corrected chi connectivity index (χ2v) is 7.41. The number of epoxide rings is 1. The van der Waals surface area contributed by atoms with Crippen LogP contribution in [0.15, 0.2) is 0 Å². The summed E-state index contributed by atoms with van der Waals surface area (Å²) in [5.74, 6) is 0.135. The molecule has 0 radical (unpaired) electrons. The quantitative estimate of drug-likeness (QED) is 0.535. The van der Waals surface area contributed by atoms with E-state index in [-0.39, 0.29) is 29.3 Å². The van der Waals surface area contributed by atoms with Gasteiger partial charge in [0, 0.05) is 11.3 Å². The molecular formula is C15H22O4. The van der Waals surface area contributed by atoms with Gasteiger partial charge in [0.1, 0.15) is 17.3 Å². The first kappa shape index (κ1) is 12.2. The Morgan fingerprint density at radius 2 is 1.95 bits per heavy atom. The van der Waals surface area contributed by atoms with Gasteiger partial charge < -0.3 is 14.6 Å². The fourth-order valence-electron chi connectivity index (χ4n) is 5.29. The zero-order chi connectivity index (χ0) is 13.6. The van der Waals surface area contributed by atoms with E-state index in [4.69, 9.17) is 9.47 Å². The largest absolute Gasteiger partial charge is 0.459 e. The van der Waals surface area contributed by atoms with Crippen molar-refractivity contribution in [3.8, 4) is 0 Å². The molecule has 2 saturated carbocycles. The Kier molecular flexibility index (Phi) is 2.03. The van der Waals surface area contributed by atoms with Crippen molar-refractivity contribution in [1.29, 1.82) is 0 Å². The summed E-state index contributed by atoms with van der Waals surface area (Å²) in [4.78, 5) is 11.9. The fourth-order valence-corrected chi connectivity index (χ4v) is 5.29. The number of fused-ring (bicyclic) bond motifs is 1. The third-order valence-corrected chi connectivity index (χ3v) is 6.65. The Hall–Kier alpha value is -0.610. The van der Waals surface area contributed by atoms with E-state index in [1.165, 1.54) is 0 Å². The van der Waals surface area contributed by atoms with Crippen LogP contribution >= 0.6 is 0 Å². The van der Waals surface area contributed by atoms with Crippen LogP contribution in [0.2, 0.25) is 0 Å². The molecule has 0 amide bonds. The van der Waals surface area contributed by atoms with Gasteiger partial charge in [-0.3, -0.25) is 4.79 Å². The smallest absolute Gasteiger partial charge is 0.309 e. The van der Waals surface area contributed by atoms with Crippen molar-refractivity contribution in [2.45, 2.75) is 69.9 Å². The molecule has 19 heavy (non-hydrogen) atoms. The van der Waals surface area contributed by atoms with Gasteiger partial charge in [0.2, 0.25) is 0 Å². The van der Waals surface area contributed by atoms with E-state index in [1.807, 2.05) is 13.8 Å². The molecular weight excluding hydrogens is 244 g/mol. The molecule has 0 bridgehead atoms. The molecule has 106 valence electrons. The van der Waals surface area contributed by atoms with E-state index in [0.29, 0.717) is 0 Å². The van der Waals surface area contributed by atoms with Gasteiger partial charge in [0.05, 0.1) is 12.0 Å². The number of carbonyl (C=O) groups excluding carboxylic acids is 1. The van der Waals surface area contributed by atoms with Gasteiger partial charge in [0.15, 0.2) is 0 Å². The average molecular weight is 266 g/mol. The normalized spacial score (nSPS) is 62.8. The molecule has 0 aromatic rings. The van der Waals surface area contributed by atoms with Gasteiger partial charge in [-0.2, -0.15) is 0 Å². The van der Waals surface area contributed by atoms with Crippen molar-refractivity contribution in [2.75, 3.05) is 0 Å². The first-order valence-electron chi connectivity index (χ1n) is 7.44. The van der Waals surface area contributed by atoms with E-state index >= 15 is 0 Å². The molecule has 4 rings (SSSR count). The maximum Gasteiger partial charge on any atom is 0.309 e. The van der Waals surface area contributed by atoms with Gasteiger partial charge in [-0.1, -0.05) is 13.8 Å². The third-order valence-electron chi connectivity index (χ3n) is 6.65. The Labute approximate surface area is 113 Å².